The Morgan fingerprint density at radius 1 is 1.11 bits per heavy atom. The summed E-state index contributed by atoms with van der Waals surface area (Å²) in [5, 5.41) is 0. The lowest BCUT2D eigenvalue weighted by molar-refractivity contribution is 0.397. The number of nitrogens with two attached hydrogens (primary N) is 1. The summed E-state index contributed by atoms with van der Waals surface area (Å²) in [5.41, 5.74) is 8.63. The van der Waals surface area contributed by atoms with Crippen LogP contribution in [0.3, 0.4) is 0 Å². The molecule has 18 heavy (non-hydrogen) atoms. The van der Waals surface area contributed by atoms with E-state index < -0.39 is 0 Å². The third-order valence-corrected chi connectivity index (χ3v) is 2.75. The molecule has 0 radical (unpaired) electrons. The first-order chi connectivity index (χ1) is 8.67. The third-order valence-electron chi connectivity index (χ3n) is 2.75. The van der Waals surface area contributed by atoms with Crippen LogP contribution in [-0.4, -0.2) is 19.2 Å². The average Bonchev–Trinajstić information content (AvgIpc) is 2.40. The van der Waals surface area contributed by atoms with Crippen LogP contribution < -0.4 is 15.2 Å². The summed E-state index contributed by atoms with van der Waals surface area (Å²) >= 11 is 0. The minimum absolute atomic E-state index is 0.461. The Balaban J connectivity index is 2.72. The van der Waals surface area contributed by atoms with Crippen molar-refractivity contribution in [1.29, 1.82) is 0 Å². The van der Waals surface area contributed by atoms with Crippen LogP contribution >= 0.6 is 0 Å². The van der Waals surface area contributed by atoms with Crippen LogP contribution in [0.5, 0.6) is 11.5 Å². The van der Waals surface area contributed by atoms with Gasteiger partial charge in [-0.15, -0.1) is 0 Å². The first-order valence-corrected chi connectivity index (χ1v) is 5.61. The highest BCUT2D eigenvalue weighted by atomic mass is 16.5. The van der Waals surface area contributed by atoms with Gasteiger partial charge >= 0.3 is 0 Å². The van der Waals surface area contributed by atoms with E-state index in [2.05, 4.69) is 4.98 Å². The normalized spacial score (nSPS) is 10.2. The molecule has 1 heterocycles. The molecule has 4 heteroatoms. The zero-order valence-corrected chi connectivity index (χ0v) is 10.7. The first kappa shape index (κ1) is 12.2. The lowest BCUT2D eigenvalue weighted by atomic mass is 10.0. The van der Waals surface area contributed by atoms with E-state index >= 15 is 0 Å². The Hall–Kier alpha value is -2.23. The predicted molar refractivity (Wildman–Crippen MR) is 71.9 cm³/mol. The van der Waals surface area contributed by atoms with Gasteiger partial charge in [-0.2, -0.15) is 0 Å². The fourth-order valence-electron chi connectivity index (χ4n) is 1.90. The van der Waals surface area contributed by atoms with Gasteiger partial charge in [0.2, 0.25) is 0 Å². The SMILES string of the molecule is COc1cccc(OC)c1-c1cc(C)cnc1N. The number of rotatable bonds is 3. The molecule has 0 unspecified atom stereocenters. The van der Waals surface area contributed by atoms with Crippen molar-refractivity contribution >= 4 is 5.82 Å². The van der Waals surface area contributed by atoms with E-state index in [0.29, 0.717) is 17.3 Å². The van der Waals surface area contributed by atoms with Crippen LogP contribution in [0.4, 0.5) is 5.82 Å². The molecule has 4 nitrogen and oxygen atoms in total. The fraction of sp³-hybridized carbons (Fsp3) is 0.214. The van der Waals surface area contributed by atoms with Crippen molar-refractivity contribution < 1.29 is 9.47 Å². The van der Waals surface area contributed by atoms with Crippen molar-refractivity contribution in [3.05, 3.63) is 36.0 Å². The van der Waals surface area contributed by atoms with Gasteiger partial charge in [-0.3, -0.25) is 0 Å². The molecule has 0 bridgehead atoms. The fourth-order valence-corrected chi connectivity index (χ4v) is 1.90. The van der Waals surface area contributed by atoms with Crippen LogP contribution in [0.15, 0.2) is 30.5 Å². The van der Waals surface area contributed by atoms with Gasteiger partial charge in [0.25, 0.3) is 0 Å². The molecule has 2 aromatic rings. The van der Waals surface area contributed by atoms with Crippen LogP contribution in [0.1, 0.15) is 5.56 Å². The zero-order chi connectivity index (χ0) is 13.1. The summed E-state index contributed by atoms with van der Waals surface area (Å²) in [5.74, 6) is 1.89. The number of ether oxygens (including phenoxy) is 2. The standard InChI is InChI=1S/C14H16N2O2/c1-9-7-10(14(15)16-8-9)13-11(17-2)5-4-6-12(13)18-3/h4-8H,1-3H3,(H2,15,16). The van der Waals surface area contributed by atoms with Gasteiger partial charge in [0.05, 0.1) is 19.8 Å². The number of hydrogen-bond donors (Lipinski definition) is 1. The number of methoxy groups -OCH3 is 2. The largest absolute Gasteiger partial charge is 0.496 e. The molecule has 0 aliphatic rings. The predicted octanol–water partition coefficient (Wildman–Crippen LogP) is 2.66. The number of nitrogen functional groups attached to an aromatic ring is 1. The van der Waals surface area contributed by atoms with Crippen LogP contribution in [0, 0.1) is 6.92 Å². The highest BCUT2D eigenvalue weighted by Crippen LogP contribution is 2.40. The second kappa shape index (κ2) is 4.96. The number of pyridine rings is 1. The Labute approximate surface area is 106 Å². The van der Waals surface area contributed by atoms with Gasteiger partial charge in [0.1, 0.15) is 17.3 Å². The maximum Gasteiger partial charge on any atom is 0.131 e. The van der Waals surface area contributed by atoms with E-state index in [0.717, 1.165) is 16.7 Å². The van der Waals surface area contributed by atoms with Crippen molar-refractivity contribution in [1.82, 2.24) is 4.98 Å². The highest BCUT2D eigenvalue weighted by molar-refractivity contribution is 5.83. The number of nitrogens with zero attached hydrogens (tertiary/aromatic N) is 1. The first-order valence-electron chi connectivity index (χ1n) is 5.61. The van der Waals surface area contributed by atoms with Crippen molar-refractivity contribution in [2.75, 3.05) is 20.0 Å². The molecule has 0 saturated carbocycles. The molecule has 0 aliphatic heterocycles. The monoisotopic (exact) mass is 244 g/mol. The molecule has 2 N–H and O–H groups in total. The molecule has 0 aliphatic carbocycles. The molecule has 0 atom stereocenters. The van der Waals surface area contributed by atoms with Gasteiger partial charge < -0.3 is 15.2 Å². The Kier molecular flexibility index (Phi) is 3.37. The lowest BCUT2D eigenvalue weighted by Gasteiger charge is -2.14. The highest BCUT2D eigenvalue weighted by Gasteiger charge is 2.15. The molecule has 0 saturated heterocycles. The van der Waals surface area contributed by atoms with E-state index in [1.54, 1.807) is 20.4 Å². The van der Waals surface area contributed by atoms with E-state index in [-0.39, 0.29) is 0 Å². The summed E-state index contributed by atoms with van der Waals surface area (Å²) in [6.45, 7) is 1.97. The maximum atomic E-state index is 5.95. The van der Waals surface area contributed by atoms with Gasteiger partial charge in [0, 0.05) is 11.8 Å². The van der Waals surface area contributed by atoms with E-state index in [4.69, 9.17) is 15.2 Å². The van der Waals surface area contributed by atoms with Gasteiger partial charge in [-0.05, 0) is 30.7 Å². The van der Waals surface area contributed by atoms with Crippen molar-refractivity contribution in [2.45, 2.75) is 6.92 Å². The van der Waals surface area contributed by atoms with Crippen molar-refractivity contribution in [3.63, 3.8) is 0 Å². The van der Waals surface area contributed by atoms with Crippen molar-refractivity contribution in [2.24, 2.45) is 0 Å². The molecular weight excluding hydrogens is 228 g/mol. The van der Waals surface area contributed by atoms with Crippen LogP contribution in [0.25, 0.3) is 11.1 Å². The smallest absolute Gasteiger partial charge is 0.131 e. The maximum absolute atomic E-state index is 5.95. The second-order valence-corrected chi connectivity index (χ2v) is 3.98. The summed E-state index contributed by atoms with van der Waals surface area (Å²) in [6.07, 6.45) is 1.74. The van der Waals surface area contributed by atoms with E-state index in [1.807, 2.05) is 31.2 Å². The molecule has 1 aromatic carbocycles. The number of hydrogen-bond acceptors (Lipinski definition) is 4. The summed E-state index contributed by atoms with van der Waals surface area (Å²) in [6, 6.07) is 7.60. The summed E-state index contributed by atoms with van der Waals surface area (Å²) in [7, 11) is 3.25. The lowest BCUT2D eigenvalue weighted by Crippen LogP contribution is -1.98. The number of anilines is 1. The number of aryl methyl sites for hydroxylation is 1. The molecule has 0 spiro atoms. The summed E-state index contributed by atoms with van der Waals surface area (Å²) in [4.78, 5) is 4.17. The minimum atomic E-state index is 0.461. The quantitative estimate of drug-likeness (QED) is 0.901. The molecule has 0 fully saturated rings. The Morgan fingerprint density at radius 3 is 2.28 bits per heavy atom. The molecule has 0 amide bonds. The summed E-state index contributed by atoms with van der Waals surface area (Å²) < 4.78 is 10.7. The van der Waals surface area contributed by atoms with Gasteiger partial charge in [-0.25, -0.2) is 4.98 Å². The van der Waals surface area contributed by atoms with Crippen molar-refractivity contribution in [3.8, 4) is 22.6 Å². The number of aromatic nitrogens is 1. The van der Waals surface area contributed by atoms with Gasteiger partial charge in [-0.1, -0.05) is 6.07 Å². The third kappa shape index (κ3) is 2.09. The van der Waals surface area contributed by atoms with E-state index in [9.17, 15) is 0 Å². The zero-order valence-electron chi connectivity index (χ0n) is 10.7. The molecule has 2 rings (SSSR count). The Bertz CT molecular complexity index is 545. The topological polar surface area (TPSA) is 57.4 Å². The molecule has 94 valence electrons. The molecule has 1 aromatic heterocycles. The minimum Gasteiger partial charge on any atom is -0.496 e. The van der Waals surface area contributed by atoms with Crippen LogP contribution in [0.2, 0.25) is 0 Å². The Morgan fingerprint density at radius 2 is 1.72 bits per heavy atom. The average molecular weight is 244 g/mol. The van der Waals surface area contributed by atoms with E-state index in [1.165, 1.54) is 0 Å². The second-order valence-electron chi connectivity index (χ2n) is 3.98. The van der Waals surface area contributed by atoms with Crippen LogP contribution in [-0.2, 0) is 0 Å². The van der Waals surface area contributed by atoms with Gasteiger partial charge in [0.15, 0.2) is 0 Å². The number of benzene rings is 1. The molecular formula is C14H16N2O2.